The molecule has 0 aliphatic heterocycles. The fraction of sp³-hybridized carbons (Fsp3) is 0.625. The Bertz CT molecular complexity index is 303. The second-order valence-corrected chi connectivity index (χ2v) is 5.79. The van der Waals surface area contributed by atoms with Crippen molar-refractivity contribution >= 4 is 0 Å². The van der Waals surface area contributed by atoms with Crippen molar-refractivity contribution < 1.29 is 0 Å². The van der Waals surface area contributed by atoms with Gasteiger partial charge < -0.3 is 0 Å². The molecule has 3 aliphatic rings. The van der Waals surface area contributed by atoms with Crippen molar-refractivity contribution in [2.45, 2.75) is 51.4 Å². The Hall–Kier alpha value is -0.780. The number of hydrogen-bond acceptors (Lipinski definition) is 0. The van der Waals surface area contributed by atoms with Gasteiger partial charge in [0.15, 0.2) is 0 Å². The smallest absolute Gasteiger partial charge is 0.0276 e. The lowest BCUT2D eigenvalue weighted by atomic mass is 9.77. The molecule has 4 bridgehead atoms. The molecule has 86 valence electrons. The second kappa shape index (κ2) is 4.61. The molecule has 0 amide bonds. The van der Waals surface area contributed by atoms with E-state index in [1.165, 1.54) is 51.4 Å². The summed E-state index contributed by atoms with van der Waals surface area (Å²) in [6.45, 7) is 0. The van der Waals surface area contributed by atoms with Crippen LogP contribution in [0.5, 0.6) is 0 Å². The van der Waals surface area contributed by atoms with Crippen LogP contribution in [0.2, 0.25) is 0 Å². The van der Waals surface area contributed by atoms with Crippen LogP contribution in [0, 0.1) is 11.8 Å². The molecular weight excluding hydrogens is 192 g/mol. The van der Waals surface area contributed by atoms with E-state index in [1.807, 2.05) is 0 Å². The zero-order chi connectivity index (χ0) is 10.8. The third kappa shape index (κ3) is 2.31. The van der Waals surface area contributed by atoms with Crippen LogP contribution in [0.15, 0.2) is 24.3 Å². The van der Waals surface area contributed by atoms with Gasteiger partial charge in [-0.15, -0.1) is 0 Å². The van der Waals surface area contributed by atoms with Crippen molar-refractivity contribution in [3.63, 3.8) is 0 Å². The number of hydrogen-bond donors (Lipinski definition) is 0. The molecule has 2 atom stereocenters. The van der Waals surface area contributed by atoms with Crippen LogP contribution < -0.4 is 0 Å². The average Bonchev–Trinajstić information content (AvgIpc) is 2.39. The van der Waals surface area contributed by atoms with Crippen molar-refractivity contribution in [1.29, 1.82) is 0 Å². The highest BCUT2D eigenvalue weighted by Crippen LogP contribution is 2.35. The van der Waals surface area contributed by atoms with Gasteiger partial charge in [-0.25, -0.2) is 0 Å². The van der Waals surface area contributed by atoms with Crippen molar-refractivity contribution in [3.8, 4) is 0 Å². The molecule has 1 saturated carbocycles. The Morgan fingerprint density at radius 2 is 1.19 bits per heavy atom. The van der Waals surface area contributed by atoms with E-state index in [-0.39, 0.29) is 0 Å². The topological polar surface area (TPSA) is 0 Å². The zero-order valence-corrected chi connectivity index (χ0v) is 10.1. The van der Waals surface area contributed by atoms with E-state index in [4.69, 9.17) is 0 Å². The van der Waals surface area contributed by atoms with Crippen molar-refractivity contribution in [2.75, 3.05) is 0 Å². The van der Waals surface area contributed by atoms with E-state index in [9.17, 15) is 0 Å². The fourth-order valence-electron chi connectivity index (χ4n) is 3.54. The molecule has 1 fully saturated rings. The predicted molar refractivity (Wildman–Crippen MR) is 68.5 cm³/mol. The van der Waals surface area contributed by atoms with Gasteiger partial charge >= 0.3 is 0 Å². The number of benzene rings is 1. The standard InChI is InChI=1S/C16H22/c1-2-15-10-8-13-4-6-14(7-5-13)9-11-16(3-1)12-15/h4-7,15-16H,1-3,8-12H2/t15-,16+. The van der Waals surface area contributed by atoms with Crippen molar-refractivity contribution in [2.24, 2.45) is 11.8 Å². The van der Waals surface area contributed by atoms with Gasteiger partial charge in [0.1, 0.15) is 0 Å². The minimum absolute atomic E-state index is 1.02. The molecule has 0 N–H and O–H groups in total. The average molecular weight is 214 g/mol. The Balaban J connectivity index is 1.80. The Morgan fingerprint density at radius 3 is 1.69 bits per heavy atom. The van der Waals surface area contributed by atoms with E-state index in [0.29, 0.717) is 0 Å². The van der Waals surface area contributed by atoms with Gasteiger partial charge in [-0.1, -0.05) is 43.5 Å². The maximum Gasteiger partial charge on any atom is -0.0276 e. The second-order valence-electron chi connectivity index (χ2n) is 5.79. The Labute approximate surface area is 99.1 Å². The molecule has 16 heavy (non-hydrogen) atoms. The lowest BCUT2D eigenvalue weighted by molar-refractivity contribution is 0.245. The summed E-state index contributed by atoms with van der Waals surface area (Å²) < 4.78 is 0. The molecule has 0 spiro atoms. The van der Waals surface area contributed by atoms with Gasteiger partial charge in [-0.2, -0.15) is 0 Å². The molecule has 0 heteroatoms. The molecule has 0 nitrogen and oxygen atoms in total. The molecule has 0 radical (unpaired) electrons. The monoisotopic (exact) mass is 214 g/mol. The Morgan fingerprint density at radius 1 is 0.688 bits per heavy atom. The van der Waals surface area contributed by atoms with E-state index >= 15 is 0 Å². The van der Waals surface area contributed by atoms with Crippen LogP contribution in [0.4, 0.5) is 0 Å². The van der Waals surface area contributed by atoms with Crippen molar-refractivity contribution in [1.82, 2.24) is 0 Å². The minimum atomic E-state index is 1.02. The molecular formula is C16H22. The largest absolute Gasteiger partial charge is 0.0588 e. The van der Waals surface area contributed by atoms with Crippen LogP contribution in [0.1, 0.15) is 49.7 Å². The summed E-state index contributed by atoms with van der Waals surface area (Å²) in [5.74, 6) is 2.05. The number of aryl methyl sites for hydroxylation is 2. The number of rotatable bonds is 0. The van der Waals surface area contributed by atoms with Gasteiger partial charge in [0, 0.05) is 0 Å². The van der Waals surface area contributed by atoms with Crippen LogP contribution in [-0.2, 0) is 12.8 Å². The van der Waals surface area contributed by atoms with Crippen LogP contribution in [0.25, 0.3) is 0 Å². The third-order valence-corrected chi connectivity index (χ3v) is 4.60. The normalized spacial score (nSPS) is 29.8. The van der Waals surface area contributed by atoms with Crippen molar-refractivity contribution in [3.05, 3.63) is 35.4 Å². The van der Waals surface area contributed by atoms with Gasteiger partial charge in [-0.3, -0.25) is 0 Å². The maximum atomic E-state index is 2.35. The predicted octanol–water partition coefficient (Wildman–Crippen LogP) is 4.37. The van der Waals surface area contributed by atoms with Crippen LogP contribution >= 0.6 is 0 Å². The summed E-state index contributed by atoms with van der Waals surface area (Å²) in [5.41, 5.74) is 3.10. The summed E-state index contributed by atoms with van der Waals surface area (Å²) in [6.07, 6.45) is 11.4. The lowest BCUT2D eigenvalue weighted by Gasteiger charge is -2.28. The molecule has 0 unspecified atom stereocenters. The summed E-state index contributed by atoms with van der Waals surface area (Å²) in [4.78, 5) is 0. The van der Waals surface area contributed by atoms with E-state index < -0.39 is 0 Å². The van der Waals surface area contributed by atoms with E-state index in [0.717, 1.165) is 11.8 Å². The van der Waals surface area contributed by atoms with Crippen LogP contribution in [-0.4, -0.2) is 0 Å². The summed E-state index contributed by atoms with van der Waals surface area (Å²) >= 11 is 0. The quantitative estimate of drug-likeness (QED) is 0.601. The van der Waals surface area contributed by atoms with E-state index in [2.05, 4.69) is 24.3 Å². The molecule has 0 aromatic heterocycles. The molecule has 4 rings (SSSR count). The highest BCUT2D eigenvalue weighted by Gasteiger charge is 2.22. The first-order valence-electron chi connectivity index (χ1n) is 6.98. The van der Waals surface area contributed by atoms with Gasteiger partial charge in [0.25, 0.3) is 0 Å². The first-order chi connectivity index (χ1) is 7.90. The molecule has 0 heterocycles. The minimum Gasteiger partial charge on any atom is -0.0588 e. The zero-order valence-electron chi connectivity index (χ0n) is 10.1. The first kappa shape index (κ1) is 10.4. The highest BCUT2D eigenvalue weighted by atomic mass is 14.3. The summed E-state index contributed by atoms with van der Waals surface area (Å²) in [7, 11) is 0. The molecule has 0 saturated heterocycles. The van der Waals surface area contributed by atoms with E-state index in [1.54, 1.807) is 11.1 Å². The highest BCUT2D eigenvalue weighted by molar-refractivity contribution is 5.23. The Kier molecular flexibility index (Phi) is 2.99. The van der Waals surface area contributed by atoms with Gasteiger partial charge in [0.2, 0.25) is 0 Å². The first-order valence-corrected chi connectivity index (χ1v) is 6.98. The van der Waals surface area contributed by atoms with Crippen LogP contribution in [0.3, 0.4) is 0 Å². The maximum absolute atomic E-state index is 2.35. The van der Waals surface area contributed by atoms with Gasteiger partial charge in [0.05, 0.1) is 0 Å². The number of fused-ring (bicyclic) bond motifs is 4. The van der Waals surface area contributed by atoms with Gasteiger partial charge in [-0.05, 0) is 55.1 Å². The SMILES string of the molecule is c1cc2ccc1CC[C@H]1CCC[C@@H](CC2)C1. The lowest BCUT2D eigenvalue weighted by Crippen LogP contribution is -2.16. The fourth-order valence-corrected chi connectivity index (χ4v) is 3.54. The summed E-state index contributed by atoms with van der Waals surface area (Å²) in [5, 5.41) is 0. The molecule has 3 aliphatic carbocycles. The molecule has 1 aromatic rings. The summed E-state index contributed by atoms with van der Waals surface area (Å²) in [6, 6.07) is 9.41. The molecule has 1 aromatic carbocycles. The third-order valence-electron chi connectivity index (χ3n) is 4.60.